The molecule has 0 bridgehead atoms. The molecular formula is C12H14N6O5S3. The molecule has 26 heavy (non-hydrogen) atoms. The van der Waals surface area contributed by atoms with Gasteiger partial charge in [0.05, 0.1) is 21.3 Å². The van der Waals surface area contributed by atoms with Crippen LogP contribution in [0.1, 0.15) is 6.92 Å². The second-order valence-electron chi connectivity index (χ2n) is 5.42. The van der Waals surface area contributed by atoms with Crippen molar-refractivity contribution in [1.29, 1.82) is 0 Å². The number of aliphatic hydroxyl groups excluding tert-OH is 1. The molecule has 0 saturated carbocycles. The molecule has 1 fully saturated rings. The summed E-state index contributed by atoms with van der Waals surface area (Å²) in [6.45, 7) is 1.36. The quantitative estimate of drug-likeness (QED) is 0.272. The van der Waals surface area contributed by atoms with E-state index in [0.717, 1.165) is 0 Å². The van der Waals surface area contributed by atoms with Crippen LogP contribution in [-0.2, 0) is 20.9 Å². The highest BCUT2D eigenvalue weighted by Crippen LogP contribution is 2.54. The van der Waals surface area contributed by atoms with Crippen LogP contribution in [0.15, 0.2) is 15.1 Å². The van der Waals surface area contributed by atoms with Crippen LogP contribution < -0.4 is 5.73 Å². The average Bonchev–Trinajstić information content (AvgIpc) is 3.09. The lowest BCUT2D eigenvalue weighted by atomic mass is 9.92. The molecule has 0 spiro atoms. The number of aromatic nitrogens is 4. The molecule has 0 unspecified atom stereocenters. The Hall–Kier alpha value is -1.77. The molecule has 1 saturated heterocycles. The highest BCUT2D eigenvalue weighted by Gasteiger charge is 2.57. The van der Waals surface area contributed by atoms with E-state index in [1.165, 1.54) is 51.8 Å². The number of amides is 2. The summed E-state index contributed by atoms with van der Waals surface area (Å²) >= 11 is 3.70. The summed E-state index contributed by atoms with van der Waals surface area (Å²) in [5.41, 5.74) is 5.05. The van der Waals surface area contributed by atoms with Gasteiger partial charge in [-0.3, -0.25) is 14.5 Å². The van der Waals surface area contributed by atoms with Crippen molar-refractivity contribution in [3.05, 3.63) is 9.93 Å². The maximum Gasteiger partial charge on any atom is 0.354 e. The zero-order valence-corrected chi connectivity index (χ0v) is 15.8. The van der Waals surface area contributed by atoms with E-state index in [0.29, 0.717) is 14.5 Å². The van der Waals surface area contributed by atoms with Crippen molar-refractivity contribution in [1.82, 2.24) is 25.1 Å². The number of carbonyl (C=O) groups is 3. The van der Waals surface area contributed by atoms with Crippen molar-refractivity contribution in [2.45, 2.75) is 30.1 Å². The molecule has 1 aromatic heterocycles. The van der Waals surface area contributed by atoms with Crippen molar-refractivity contribution in [2.75, 3.05) is 5.08 Å². The van der Waals surface area contributed by atoms with Gasteiger partial charge in [-0.15, -0.1) is 16.9 Å². The molecule has 2 aliphatic rings. The van der Waals surface area contributed by atoms with E-state index in [2.05, 4.69) is 15.5 Å². The number of rotatable bonds is 8. The van der Waals surface area contributed by atoms with Gasteiger partial charge in [-0.1, -0.05) is 23.5 Å². The fourth-order valence-electron chi connectivity index (χ4n) is 2.53. The second kappa shape index (κ2) is 7.46. The molecule has 3 heterocycles. The molecule has 3 rings (SSSR count). The van der Waals surface area contributed by atoms with Gasteiger partial charge in [0.1, 0.15) is 11.9 Å². The number of hydrogen-bond donors (Lipinski definition) is 3. The number of β-lactam (4-membered cyclic amide) rings is 1. The summed E-state index contributed by atoms with van der Waals surface area (Å²) in [7, 11) is 0. The Bertz CT molecular complexity index is 796. The molecular weight excluding hydrogens is 404 g/mol. The van der Waals surface area contributed by atoms with E-state index in [9.17, 15) is 24.6 Å². The smallest absolute Gasteiger partial charge is 0.354 e. The van der Waals surface area contributed by atoms with Crippen molar-refractivity contribution in [3.8, 4) is 0 Å². The minimum Gasteiger partial charge on any atom is -0.477 e. The Morgan fingerprint density at radius 3 is 2.77 bits per heavy atom. The van der Waals surface area contributed by atoms with Crippen LogP contribution in [0.5, 0.6) is 0 Å². The summed E-state index contributed by atoms with van der Waals surface area (Å²) in [6.07, 6.45) is -0.844. The zero-order chi connectivity index (χ0) is 19.0. The Balaban J connectivity index is 1.66. The monoisotopic (exact) mass is 418 g/mol. The molecule has 0 aliphatic carbocycles. The van der Waals surface area contributed by atoms with Crippen molar-refractivity contribution in [3.63, 3.8) is 0 Å². The molecule has 2 amide bonds. The number of carbonyl (C=O) groups excluding carboxylic acids is 2. The minimum atomic E-state index is -1.19. The van der Waals surface area contributed by atoms with Crippen LogP contribution in [0.3, 0.4) is 0 Å². The van der Waals surface area contributed by atoms with Gasteiger partial charge in [-0.25, -0.2) is 9.48 Å². The first-order chi connectivity index (χ1) is 12.3. The largest absolute Gasteiger partial charge is 0.477 e. The van der Waals surface area contributed by atoms with Gasteiger partial charge in [-0.2, -0.15) is 0 Å². The first-order valence-corrected chi connectivity index (χ1v) is 10.1. The number of thioether (sulfide) groups is 3. The number of nitrogens with zero attached hydrogens (tertiary/aromatic N) is 5. The third kappa shape index (κ3) is 3.41. The number of tetrazole rings is 1. The Kier molecular flexibility index (Phi) is 5.45. The molecule has 140 valence electrons. The lowest BCUT2D eigenvalue weighted by Gasteiger charge is -2.43. The van der Waals surface area contributed by atoms with Crippen molar-refractivity contribution >= 4 is 53.1 Å². The predicted octanol–water partition coefficient (Wildman–Crippen LogP) is -0.893. The fraction of sp³-hybridized carbons (Fsp3) is 0.500. The van der Waals surface area contributed by atoms with Gasteiger partial charge >= 0.3 is 5.97 Å². The highest BCUT2D eigenvalue weighted by molar-refractivity contribution is 8.27. The van der Waals surface area contributed by atoms with E-state index in [1.54, 1.807) is 0 Å². The number of primary amides is 1. The van der Waals surface area contributed by atoms with Crippen molar-refractivity contribution < 1.29 is 24.6 Å². The van der Waals surface area contributed by atoms with Gasteiger partial charge < -0.3 is 15.9 Å². The number of fused-ring (bicyclic) bond motifs is 1. The van der Waals surface area contributed by atoms with Gasteiger partial charge in [-0.05, 0) is 17.4 Å². The van der Waals surface area contributed by atoms with Crippen LogP contribution in [0.2, 0.25) is 0 Å². The van der Waals surface area contributed by atoms with Crippen LogP contribution in [0, 0.1) is 5.92 Å². The molecule has 14 heteroatoms. The number of carboxylic acids is 1. The number of carboxylic acid groups (broad SMARTS) is 1. The number of hydrogen-bond acceptors (Lipinski definition) is 10. The summed E-state index contributed by atoms with van der Waals surface area (Å²) in [5, 5.41) is 30.4. The molecule has 0 aromatic carbocycles. The van der Waals surface area contributed by atoms with E-state index < -0.39 is 29.3 Å². The highest BCUT2D eigenvalue weighted by atomic mass is 32.2. The molecule has 3 atom stereocenters. The van der Waals surface area contributed by atoms with Crippen LogP contribution >= 0.6 is 35.3 Å². The molecule has 4 N–H and O–H groups in total. The Morgan fingerprint density at radius 1 is 1.42 bits per heavy atom. The maximum absolute atomic E-state index is 12.1. The van der Waals surface area contributed by atoms with E-state index in [-0.39, 0.29) is 18.1 Å². The summed E-state index contributed by atoms with van der Waals surface area (Å²) in [5.74, 6) is -2.77. The summed E-state index contributed by atoms with van der Waals surface area (Å²) in [6, 6.07) is 0. The van der Waals surface area contributed by atoms with Crippen LogP contribution in [0.4, 0.5) is 0 Å². The lowest BCUT2D eigenvalue weighted by molar-refractivity contribution is -0.156. The van der Waals surface area contributed by atoms with E-state index in [1.807, 2.05) is 0 Å². The number of aliphatic hydroxyl groups is 1. The normalized spacial score (nSPS) is 23.0. The number of nitrogens with two attached hydrogens (primary N) is 1. The first kappa shape index (κ1) is 19.0. The average molecular weight is 418 g/mol. The van der Waals surface area contributed by atoms with Crippen LogP contribution in [0.25, 0.3) is 0 Å². The molecule has 0 radical (unpaired) electrons. The van der Waals surface area contributed by atoms with Gasteiger partial charge in [0.2, 0.25) is 17.0 Å². The van der Waals surface area contributed by atoms with E-state index in [4.69, 9.17) is 5.73 Å². The third-order valence-corrected chi connectivity index (χ3v) is 7.40. The van der Waals surface area contributed by atoms with Gasteiger partial charge in [0, 0.05) is 0 Å². The Labute approximate surface area is 159 Å². The second-order valence-corrected chi connectivity index (χ2v) is 9.10. The number of aliphatic carboxylic acids is 1. The fourth-order valence-corrected chi connectivity index (χ4v) is 6.61. The topological polar surface area (TPSA) is 165 Å². The maximum atomic E-state index is 12.1. The molecule has 1 aromatic rings. The third-order valence-electron chi connectivity index (χ3n) is 3.65. The summed E-state index contributed by atoms with van der Waals surface area (Å²) in [4.78, 5) is 35.9. The molecule has 11 nitrogen and oxygen atoms in total. The van der Waals surface area contributed by atoms with Crippen LogP contribution in [-0.4, -0.2) is 69.7 Å². The van der Waals surface area contributed by atoms with Gasteiger partial charge in [0.15, 0.2) is 5.70 Å². The predicted molar refractivity (Wildman–Crippen MR) is 93.4 cm³/mol. The summed E-state index contributed by atoms with van der Waals surface area (Å²) < 4.78 is 1.74. The zero-order valence-electron chi connectivity index (χ0n) is 13.3. The molecule has 2 aliphatic heterocycles. The lowest BCUT2D eigenvalue weighted by Crippen LogP contribution is -2.60. The van der Waals surface area contributed by atoms with E-state index >= 15 is 0 Å². The SMILES string of the molecule is C[C@@H](O)[C@H]1C(=O)N2C(C(=O)O)=C(SCSc3nnnn3CC(N)=O)S[C@H]12. The first-order valence-electron chi connectivity index (χ1n) is 7.26. The van der Waals surface area contributed by atoms with Crippen molar-refractivity contribution in [2.24, 2.45) is 11.7 Å². The van der Waals surface area contributed by atoms with Gasteiger partial charge in [0.25, 0.3) is 0 Å². The Morgan fingerprint density at radius 2 is 2.15 bits per heavy atom. The standard InChI is InChI=1S/C12H14N6O5S3/c1-4(19)6-8(21)18-7(10(22)23)11(26-9(6)18)24-3-25-12-14-15-16-17(12)2-5(13)20/h4,6,9,19H,2-3H2,1H3,(H2,13,20)(H,22,23)/t4-,6+,9-/m1/s1. The minimum absolute atomic E-state index is 0.0655.